The van der Waals surface area contributed by atoms with E-state index in [-0.39, 0.29) is 16.3 Å². The molecular weight excluding hydrogens is 412 g/mol. The van der Waals surface area contributed by atoms with Crippen LogP contribution >= 0.6 is 35.0 Å². The molecular formula is C17H9Cl2F3O3S. The van der Waals surface area contributed by atoms with Gasteiger partial charge in [-0.15, -0.1) is 0 Å². The Kier molecular flexibility index (Phi) is 5.14. The summed E-state index contributed by atoms with van der Waals surface area (Å²) in [6.45, 7) is 0. The molecule has 0 saturated carbocycles. The van der Waals surface area contributed by atoms with Gasteiger partial charge >= 0.3 is 12.1 Å². The maximum absolute atomic E-state index is 13.1. The van der Waals surface area contributed by atoms with Gasteiger partial charge < -0.3 is 9.84 Å². The van der Waals surface area contributed by atoms with Crippen molar-refractivity contribution in [1.82, 2.24) is 0 Å². The number of hydrogen-bond donors (Lipinski definition) is 1. The van der Waals surface area contributed by atoms with E-state index < -0.39 is 23.8 Å². The van der Waals surface area contributed by atoms with Crippen molar-refractivity contribution in [2.24, 2.45) is 0 Å². The van der Waals surface area contributed by atoms with Gasteiger partial charge in [-0.1, -0.05) is 35.0 Å². The number of hydrogen-bond acceptors (Lipinski definition) is 3. The molecule has 1 atom stereocenters. The second-order valence-electron chi connectivity index (χ2n) is 5.29. The van der Waals surface area contributed by atoms with Crippen molar-refractivity contribution in [2.75, 3.05) is 0 Å². The summed E-state index contributed by atoms with van der Waals surface area (Å²) < 4.78 is 44.4. The highest BCUT2D eigenvalue weighted by atomic mass is 35.5. The summed E-state index contributed by atoms with van der Waals surface area (Å²) in [5.74, 6) is -1.79. The summed E-state index contributed by atoms with van der Waals surface area (Å²) in [6, 6.07) is 9.44. The number of fused-ring (bicyclic) bond motifs is 1. The van der Waals surface area contributed by atoms with Gasteiger partial charge in [0, 0.05) is 20.4 Å². The van der Waals surface area contributed by atoms with Crippen LogP contribution in [0.3, 0.4) is 0 Å². The first-order valence-corrected chi connectivity index (χ1v) is 8.68. The van der Waals surface area contributed by atoms with E-state index in [4.69, 9.17) is 27.9 Å². The number of carboxylic acids is 1. The minimum Gasteiger partial charge on any atom is -0.478 e. The highest BCUT2D eigenvalue weighted by Crippen LogP contribution is 2.45. The van der Waals surface area contributed by atoms with Gasteiger partial charge in [0.2, 0.25) is 6.10 Å². The average Bonchev–Trinajstić information content (AvgIpc) is 2.57. The Labute approximate surface area is 160 Å². The molecule has 1 aliphatic heterocycles. The highest BCUT2D eigenvalue weighted by Gasteiger charge is 2.48. The molecule has 3 nitrogen and oxygen atoms in total. The van der Waals surface area contributed by atoms with E-state index in [1.807, 2.05) is 0 Å². The number of benzene rings is 2. The molecule has 0 radical (unpaired) electrons. The molecule has 0 aliphatic carbocycles. The Morgan fingerprint density at radius 2 is 1.77 bits per heavy atom. The van der Waals surface area contributed by atoms with E-state index in [2.05, 4.69) is 0 Å². The maximum Gasteiger partial charge on any atom is 0.430 e. The van der Waals surface area contributed by atoms with Gasteiger partial charge in [-0.3, -0.25) is 0 Å². The van der Waals surface area contributed by atoms with E-state index in [0.29, 0.717) is 9.92 Å². The molecule has 2 aromatic rings. The zero-order chi connectivity index (χ0) is 19.1. The number of rotatable bonds is 3. The van der Waals surface area contributed by atoms with E-state index in [9.17, 15) is 23.1 Å². The number of alkyl halides is 3. The summed E-state index contributed by atoms with van der Waals surface area (Å²) in [6.07, 6.45) is -6.43. The van der Waals surface area contributed by atoms with E-state index in [1.54, 1.807) is 24.3 Å². The minimum atomic E-state index is -4.86. The lowest BCUT2D eigenvalue weighted by Gasteiger charge is -2.28. The molecule has 0 fully saturated rings. The fourth-order valence-electron chi connectivity index (χ4n) is 2.36. The standard InChI is InChI=1S/C17H9Cl2F3O3S/c18-8-1-3-9(4-2-8)26-14-10-7-11(16(23)24)15(17(20,21)22)25-13(10)6-5-12(14)19/h1-7,15H,(H,23,24). The third kappa shape index (κ3) is 3.79. The minimum absolute atomic E-state index is 0.0850. The fourth-order valence-corrected chi connectivity index (χ4v) is 3.71. The lowest BCUT2D eigenvalue weighted by atomic mass is 10.0. The molecule has 2 aromatic carbocycles. The van der Waals surface area contributed by atoms with Gasteiger partial charge in [0.15, 0.2) is 0 Å². The van der Waals surface area contributed by atoms with Crippen LogP contribution in [0.5, 0.6) is 5.75 Å². The lowest BCUT2D eigenvalue weighted by molar-refractivity contribution is -0.187. The van der Waals surface area contributed by atoms with Crippen LogP contribution in [0, 0.1) is 0 Å². The number of ether oxygens (including phenoxy) is 1. The predicted octanol–water partition coefficient (Wildman–Crippen LogP) is 5.94. The molecule has 1 heterocycles. The van der Waals surface area contributed by atoms with Crippen molar-refractivity contribution < 1.29 is 27.8 Å². The summed E-state index contributed by atoms with van der Waals surface area (Å²) in [5.41, 5.74) is -0.708. The Morgan fingerprint density at radius 1 is 1.12 bits per heavy atom. The monoisotopic (exact) mass is 420 g/mol. The van der Waals surface area contributed by atoms with Crippen LogP contribution in [0.4, 0.5) is 13.2 Å². The third-order valence-corrected chi connectivity index (χ3v) is 5.34. The molecule has 0 bridgehead atoms. The highest BCUT2D eigenvalue weighted by molar-refractivity contribution is 7.99. The van der Waals surface area contributed by atoms with Crippen LogP contribution in [-0.2, 0) is 4.79 Å². The topological polar surface area (TPSA) is 46.5 Å². The largest absolute Gasteiger partial charge is 0.478 e. The Hall–Kier alpha value is -1.83. The van der Waals surface area contributed by atoms with Crippen LogP contribution in [-0.4, -0.2) is 23.4 Å². The van der Waals surface area contributed by atoms with Crippen LogP contribution in [0.2, 0.25) is 10.0 Å². The molecule has 0 spiro atoms. The summed E-state index contributed by atoms with van der Waals surface area (Å²) in [5, 5.41) is 9.97. The maximum atomic E-state index is 13.1. The van der Waals surface area contributed by atoms with E-state index >= 15 is 0 Å². The first-order chi connectivity index (χ1) is 12.2. The Morgan fingerprint density at radius 3 is 2.35 bits per heavy atom. The van der Waals surface area contributed by atoms with Crippen molar-refractivity contribution >= 4 is 47.0 Å². The lowest BCUT2D eigenvalue weighted by Crippen LogP contribution is -2.40. The molecule has 136 valence electrons. The molecule has 1 N–H and O–H groups in total. The zero-order valence-electron chi connectivity index (χ0n) is 12.7. The van der Waals surface area contributed by atoms with Crippen molar-refractivity contribution in [3.63, 3.8) is 0 Å². The van der Waals surface area contributed by atoms with Crippen molar-refractivity contribution in [2.45, 2.75) is 22.1 Å². The molecule has 3 rings (SSSR count). The fraction of sp³-hybridized carbons (Fsp3) is 0.118. The molecule has 1 unspecified atom stereocenters. The molecule has 0 amide bonds. The molecule has 0 saturated heterocycles. The van der Waals surface area contributed by atoms with Crippen LogP contribution < -0.4 is 4.74 Å². The predicted molar refractivity (Wildman–Crippen MR) is 93.1 cm³/mol. The Balaban J connectivity index is 2.10. The first kappa shape index (κ1) is 18.9. The molecule has 9 heteroatoms. The molecule has 1 aliphatic rings. The normalized spacial score (nSPS) is 16.5. The summed E-state index contributed by atoms with van der Waals surface area (Å²) in [4.78, 5) is 12.4. The smallest absolute Gasteiger partial charge is 0.430 e. The summed E-state index contributed by atoms with van der Waals surface area (Å²) >= 11 is 13.2. The van der Waals surface area contributed by atoms with E-state index in [1.165, 1.54) is 23.9 Å². The van der Waals surface area contributed by atoms with Gasteiger partial charge in [0.1, 0.15) is 5.75 Å². The number of carbonyl (C=O) groups is 1. The second-order valence-corrected chi connectivity index (χ2v) is 7.22. The second kappa shape index (κ2) is 7.06. The molecule has 0 aromatic heterocycles. The van der Waals surface area contributed by atoms with Crippen LogP contribution in [0.15, 0.2) is 51.8 Å². The molecule has 26 heavy (non-hydrogen) atoms. The van der Waals surface area contributed by atoms with Gasteiger partial charge in [0.05, 0.1) is 10.6 Å². The van der Waals surface area contributed by atoms with E-state index in [0.717, 1.165) is 11.0 Å². The van der Waals surface area contributed by atoms with Crippen molar-refractivity contribution in [3.05, 3.63) is 57.6 Å². The van der Waals surface area contributed by atoms with Crippen LogP contribution in [0.25, 0.3) is 6.08 Å². The number of halogens is 5. The average molecular weight is 421 g/mol. The zero-order valence-corrected chi connectivity index (χ0v) is 15.0. The van der Waals surface area contributed by atoms with Gasteiger partial charge in [0.25, 0.3) is 0 Å². The van der Waals surface area contributed by atoms with Crippen molar-refractivity contribution in [1.29, 1.82) is 0 Å². The first-order valence-electron chi connectivity index (χ1n) is 7.11. The quantitative estimate of drug-likeness (QED) is 0.667. The van der Waals surface area contributed by atoms with Crippen molar-refractivity contribution in [3.8, 4) is 5.75 Å². The van der Waals surface area contributed by atoms with Gasteiger partial charge in [-0.05, 0) is 42.5 Å². The SMILES string of the molecule is O=C(O)C1=Cc2c(ccc(Cl)c2Sc2ccc(Cl)cc2)OC1C(F)(F)F. The number of carboxylic acid groups (broad SMARTS) is 1. The number of aliphatic carboxylic acids is 1. The van der Waals surface area contributed by atoms with Gasteiger partial charge in [-0.25, -0.2) is 4.79 Å². The van der Waals surface area contributed by atoms with Gasteiger partial charge in [-0.2, -0.15) is 13.2 Å². The Bertz CT molecular complexity index is 895. The summed E-state index contributed by atoms with van der Waals surface area (Å²) in [7, 11) is 0. The third-order valence-electron chi connectivity index (χ3n) is 3.51. The van der Waals surface area contributed by atoms with Crippen LogP contribution in [0.1, 0.15) is 5.56 Å².